The molecule has 0 aliphatic rings. The average molecular weight is 292 g/mol. The van der Waals surface area contributed by atoms with E-state index in [1.807, 2.05) is 0 Å². The van der Waals surface area contributed by atoms with E-state index in [1.54, 1.807) is 6.26 Å². The first kappa shape index (κ1) is 13.8. The Balaban J connectivity index is 2.29. The van der Waals surface area contributed by atoms with Gasteiger partial charge in [-0.15, -0.1) is 0 Å². The first-order valence-corrected chi connectivity index (χ1v) is 7.06. The SMILES string of the molecule is CS(=O)CCNc1nccn2nc(C(F)(F)F)cc12. The predicted octanol–water partition coefficient (Wildman–Crippen LogP) is 1.54. The molecule has 2 heterocycles. The fraction of sp³-hybridized carbons (Fsp3) is 0.400. The van der Waals surface area contributed by atoms with E-state index < -0.39 is 22.7 Å². The van der Waals surface area contributed by atoms with Gasteiger partial charge in [-0.1, -0.05) is 0 Å². The molecule has 2 aromatic rings. The fourth-order valence-corrected chi connectivity index (χ4v) is 1.90. The lowest BCUT2D eigenvalue weighted by molar-refractivity contribution is -0.141. The van der Waals surface area contributed by atoms with Gasteiger partial charge in [0.25, 0.3) is 0 Å². The summed E-state index contributed by atoms with van der Waals surface area (Å²) in [5, 5.41) is 6.29. The molecule has 1 unspecified atom stereocenters. The van der Waals surface area contributed by atoms with E-state index >= 15 is 0 Å². The lowest BCUT2D eigenvalue weighted by Gasteiger charge is -2.05. The lowest BCUT2D eigenvalue weighted by Crippen LogP contribution is -2.11. The second kappa shape index (κ2) is 5.16. The number of alkyl halides is 3. The number of anilines is 1. The molecule has 0 amide bonds. The topological polar surface area (TPSA) is 59.3 Å². The summed E-state index contributed by atoms with van der Waals surface area (Å²) in [5.74, 6) is 0.680. The van der Waals surface area contributed by atoms with E-state index in [1.165, 1.54) is 12.4 Å². The normalized spacial score (nSPS) is 13.7. The van der Waals surface area contributed by atoms with Crippen molar-refractivity contribution in [2.45, 2.75) is 6.18 Å². The molecule has 0 radical (unpaired) electrons. The van der Waals surface area contributed by atoms with Crippen LogP contribution in [0.3, 0.4) is 0 Å². The molecule has 9 heteroatoms. The van der Waals surface area contributed by atoms with Crippen LogP contribution in [0.5, 0.6) is 0 Å². The smallest absolute Gasteiger partial charge is 0.367 e. The zero-order valence-corrected chi connectivity index (χ0v) is 10.8. The Kier molecular flexibility index (Phi) is 3.74. The molecule has 0 aliphatic carbocycles. The van der Waals surface area contributed by atoms with Crippen LogP contribution in [0.1, 0.15) is 5.69 Å². The van der Waals surface area contributed by atoms with Gasteiger partial charge in [0.2, 0.25) is 0 Å². The summed E-state index contributed by atoms with van der Waals surface area (Å²) in [4.78, 5) is 3.96. The van der Waals surface area contributed by atoms with Gasteiger partial charge >= 0.3 is 6.18 Å². The first-order chi connectivity index (χ1) is 8.88. The predicted molar refractivity (Wildman–Crippen MR) is 65.4 cm³/mol. The van der Waals surface area contributed by atoms with Crippen LogP contribution in [-0.4, -0.2) is 37.4 Å². The largest absolute Gasteiger partial charge is 0.435 e. The van der Waals surface area contributed by atoms with Crippen LogP contribution < -0.4 is 5.32 Å². The van der Waals surface area contributed by atoms with Crippen molar-refractivity contribution in [1.29, 1.82) is 0 Å². The van der Waals surface area contributed by atoms with Crippen molar-refractivity contribution in [3.8, 4) is 0 Å². The molecule has 104 valence electrons. The second-order valence-electron chi connectivity index (χ2n) is 3.84. The van der Waals surface area contributed by atoms with Gasteiger partial charge in [-0.05, 0) is 0 Å². The number of halogens is 3. The average Bonchev–Trinajstić information content (AvgIpc) is 2.72. The summed E-state index contributed by atoms with van der Waals surface area (Å²) < 4.78 is 49.7. The summed E-state index contributed by atoms with van der Waals surface area (Å²) >= 11 is 0. The minimum Gasteiger partial charge on any atom is -0.367 e. The van der Waals surface area contributed by atoms with Gasteiger partial charge < -0.3 is 5.32 Å². The van der Waals surface area contributed by atoms with E-state index in [-0.39, 0.29) is 11.3 Å². The highest BCUT2D eigenvalue weighted by Crippen LogP contribution is 2.29. The number of hydrogen-bond donors (Lipinski definition) is 1. The maximum atomic E-state index is 12.6. The van der Waals surface area contributed by atoms with Crippen molar-refractivity contribution in [2.24, 2.45) is 0 Å². The molecule has 5 nitrogen and oxygen atoms in total. The maximum absolute atomic E-state index is 12.6. The molecule has 2 aromatic heterocycles. The van der Waals surface area contributed by atoms with Crippen LogP contribution in [0.15, 0.2) is 18.5 Å². The Labute approximate surface area is 109 Å². The van der Waals surface area contributed by atoms with Gasteiger partial charge in [-0.3, -0.25) is 4.21 Å². The number of hydrogen-bond acceptors (Lipinski definition) is 4. The van der Waals surface area contributed by atoms with Crippen LogP contribution >= 0.6 is 0 Å². The summed E-state index contributed by atoms with van der Waals surface area (Å²) in [6, 6.07) is 0.929. The third-order valence-corrected chi connectivity index (χ3v) is 3.14. The Bertz CT molecular complexity index is 610. The van der Waals surface area contributed by atoms with Crippen molar-refractivity contribution in [3.63, 3.8) is 0 Å². The number of nitrogens with zero attached hydrogens (tertiary/aromatic N) is 3. The molecule has 1 atom stereocenters. The maximum Gasteiger partial charge on any atom is 0.435 e. The summed E-state index contributed by atoms with van der Waals surface area (Å²) in [6.07, 6.45) is -0.246. The highest BCUT2D eigenvalue weighted by atomic mass is 32.2. The van der Waals surface area contributed by atoms with Gasteiger partial charge in [0.15, 0.2) is 11.5 Å². The third kappa shape index (κ3) is 3.22. The molecule has 0 aliphatic heterocycles. The molecular weight excluding hydrogens is 281 g/mol. The van der Waals surface area contributed by atoms with Crippen LogP contribution in [0.25, 0.3) is 5.52 Å². The number of nitrogens with one attached hydrogen (secondary N) is 1. The molecule has 0 spiro atoms. The van der Waals surface area contributed by atoms with Crippen molar-refractivity contribution in [2.75, 3.05) is 23.9 Å². The van der Waals surface area contributed by atoms with E-state index in [0.717, 1.165) is 10.6 Å². The van der Waals surface area contributed by atoms with Gasteiger partial charge in [0.05, 0.1) is 0 Å². The molecule has 0 bridgehead atoms. The van der Waals surface area contributed by atoms with Crippen LogP contribution in [0.4, 0.5) is 19.0 Å². The third-order valence-electron chi connectivity index (χ3n) is 2.36. The highest BCUT2D eigenvalue weighted by Gasteiger charge is 2.34. The quantitative estimate of drug-likeness (QED) is 0.928. The molecule has 0 fully saturated rings. The van der Waals surface area contributed by atoms with Crippen LogP contribution in [0.2, 0.25) is 0 Å². The Hall–Kier alpha value is -1.64. The molecule has 0 saturated carbocycles. The summed E-state index contributed by atoms with van der Waals surface area (Å²) in [7, 11) is -0.975. The zero-order valence-electron chi connectivity index (χ0n) is 9.94. The molecular formula is C10H11F3N4OS. The molecule has 2 rings (SSSR count). The standard InChI is InChI=1S/C10H11F3N4OS/c1-19(18)5-3-15-9-7-6-8(10(11,12)13)16-17(7)4-2-14-9/h2,4,6H,3,5H2,1H3,(H,14,15). The summed E-state index contributed by atoms with van der Waals surface area (Å²) in [6.45, 7) is 0.363. The van der Waals surface area contributed by atoms with E-state index in [2.05, 4.69) is 15.4 Å². The molecule has 1 N–H and O–H groups in total. The van der Waals surface area contributed by atoms with Gasteiger partial charge in [0.1, 0.15) is 5.52 Å². The molecule has 19 heavy (non-hydrogen) atoms. The van der Waals surface area contributed by atoms with Crippen LogP contribution in [-0.2, 0) is 17.0 Å². The van der Waals surface area contributed by atoms with E-state index in [4.69, 9.17) is 0 Å². The van der Waals surface area contributed by atoms with Crippen molar-refractivity contribution >= 4 is 22.1 Å². The number of fused-ring (bicyclic) bond motifs is 1. The Morgan fingerprint density at radius 2 is 2.21 bits per heavy atom. The Morgan fingerprint density at radius 1 is 1.47 bits per heavy atom. The van der Waals surface area contributed by atoms with Gasteiger partial charge in [0, 0.05) is 47.8 Å². The van der Waals surface area contributed by atoms with Crippen molar-refractivity contribution in [1.82, 2.24) is 14.6 Å². The van der Waals surface area contributed by atoms with Crippen molar-refractivity contribution in [3.05, 3.63) is 24.2 Å². The van der Waals surface area contributed by atoms with E-state index in [9.17, 15) is 17.4 Å². The molecule has 0 saturated heterocycles. The van der Waals surface area contributed by atoms with Crippen molar-refractivity contribution < 1.29 is 17.4 Å². The van der Waals surface area contributed by atoms with Gasteiger partial charge in [-0.25, -0.2) is 9.50 Å². The fourth-order valence-electron chi connectivity index (χ4n) is 1.51. The highest BCUT2D eigenvalue weighted by molar-refractivity contribution is 7.84. The zero-order chi connectivity index (χ0) is 14.0. The minimum absolute atomic E-state index is 0.233. The second-order valence-corrected chi connectivity index (χ2v) is 5.39. The Morgan fingerprint density at radius 3 is 2.84 bits per heavy atom. The van der Waals surface area contributed by atoms with Crippen LogP contribution in [0, 0.1) is 0 Å². The number of aromatic nitrogens is 3. The monoisotopic (exact) mass is 292 g/mol. The number of rotatable bonds is 4. The minimum atomic E-state index is -4.49. The molecule has 0 aromatic carbocycles. The first-order valence-electron chi connectivity index (χ1n) is 5.33. The van der Waals surface area contributed by atoms with Gasteiger partial charge in [-0.2, -0.15) is 18.3 Å². The lowest BCUT2D eigenvalue weighted by atomic mass is 10.3. The van der Waals surface area contributed by atoms with E-state index in [0.29, 0.717) is 12.3 Å². The summed E-state index contributed by atoms with van der Waals surface area (Å²) in [5.41, 5.74) is -0.737.